The molecule has 1 nitrogen and oxygen atoms in total. The highest BCUT2D eigenvalue weighted by Crippen LogP contribution is 2.21. The Morgan fingerprint density at radius 1 is 1.15 bits per heavy atom. The lowest BCUT2D eigenvalue weighted by molar-refractivity contribution is 0.103. The molecule has 104 valence electrons. The summed E-state index contributed by atoms with van der Waals surface area (Å²) >= 11 is 3.10. The van der Waals surface area contributed by atoms with E-state index in [1.54, 1.807) is 24.3 Å². The lowest BCUT2D eigenvalue weighted by atomic mass is 9.98. The van der Waals surface area contributed by atoms with E-state index in [4.69, 9.17) is 0 Å². The van der Waals surface area contributed by atoms with E-state index in [2.05, 4.69) is 29.8 Å². The third kappa shape index (κ3) is 3.34. The third-order valence-corrected chi connectivity index (χ3v) is 3.67. The van der Waals surface area contributed by atoms with Crippen molar-refractivity contribution in [2.24, 2.45) is 5.92 Å². The van der Waals surface area contributed by atoms with E-state index < -0.39 is 5.82 Å². The van der Waals surface area contributed by atoms with Gasteiger partial charge in [0.25, 0.3) is 0 Å². The number of hydrogen-bond acceptors (Lipinski definition) is 1. The maximum atomic E-state index is 13.9. The van der Waals surface area contributed by atoms with Crippen LogP contribution in [0.15, 0.2) is 46.9 Å². The molecule has 0 aromatic heterocycles. The Kier molecular flexibility index (Phi) is 4.71. The monoisotopic (exact) mass is 334 g/mol. The minimum atomic E-state index is -0.510. The molecule has 0 aliphatic heterocycles. The maximum Gasteiger partial charge on any atom is 0.196 e. The standard InChI is InChI=1S/C17H16BrFO/c1-11(2)10-12-6-8-13(9-7-12)17(20)14-4-3-5-15(18)16(14)19/h3-9,11H,10H2,1-2H3. The third-order valence-electron chi connectivity index (χ3n) is 3.06. The highest BCUT2D eigenvalue weighted by molar-refractivity contribution is 9.10. The number of benzene rings is 2. The summed E-state index contributed by atoms with van der Waals surface area (Å²) in [5.74, 6) is -0.234. The van der Waals surface area contributed by atoms with E-state index in [0.29, 0.717) is 16.0 Å². The van der Waals surface area contributed by atoms with Crippen LogP contribution in [0.1, 0.15) is 35.3 Å². The van der Waals surface area contributed by atoms with E-state index in [1.807, 2.05) is 12.1 Å². The van der Waals surface area contributed by atoms with Gasteiger partial charge in [-0.3, -0.25) is 4.79 Å². The minimum absolute atomic E-state index is 0.0935. The van der Waals surface area contributed by atoms with Crippen molar-refractivity contribution >= 4 is 21.7 Å². The fourth-order valence-corrected chi connectivity index (χ4v) is 2.46. The van der Waals surface area contributed by atoms with E-state index in [-0.39, 0.29) is 11.3 Å². The lowest BCUT2D eigenvalue weighted by Crippen LogP contribution is -2.05. The molecule has 20 heavy (non-hydrogen) atoms. The second-order valence-electron chi connectivity index (χ2n) is 5.23. The molecular formula is C17H16BrFO. The molecule has 0 aliphatic carbocycles. The molecule has 2 aromatic carbocycles. The highest BCUT2D eigenvalue weighted by Gasteiger charge is 2.15. The molecule has 0 atom stereocenters. The van der Waals surface area contributed by atoms with Crippen LogP contribution < -0.4 is 0 Å². The van der Waals surface area contributed by atoms with Crippen LogP contribution in [0.25, 0.3) is 0 Å². The van der Waals surface area contributed by atoms with Gasteiger partial charge in [0.2, 0.25) is 0 Å². The summed E-state index contributed by atoms with van der Waals surface area (Å²) in [4.78, 5) is 12.3. The first-order valence-electron chi connectivity index (χ1n) is 6.56. The molecule has 2 aromatic rings. The molecule has 0 radical (unpaired) electrons. The van der Waals surface area contributed by atoms with E-state index in [1.165, 1.54) is 11.6 Å². The molecular weight excluding hydrogens is 319 g/mol. The van der Waals surface area contributed by atoms with Crippen molar-refractivity contribution in [1.82, 2.24) is 0 Å². The van der Waals surface area contributed by atoms with Crippen LogP contribution in [0.4, 0.5) is 4.39 Å². The predicted molar refractivity (Wildman–Crippen MR) is 82.5 cm³/mol. The van der Waals surface area contributed by atoms with Gasteiger partial charge in [-0.2, -0.15) is 0 Å². The summed E-state index contributed by atoms with van der Waals surface area (Å²) in [7, 11) is 0. The summed E-state index contributed by atoms with van der Waals surface area (Å²) in [6.07, 6.45) is 0.972. The zero-order chi connectivity index (χ0) is 14.7. The molecule has 0 heterocycles. The van der Waals surface area contributed by atoms with Crippen LogP contribution in [-0.2, 0) is 6.42 Å². The molecule has 0 amide bonds. The van der Waals surface area contributed by atoms with Gasteiger partial charge >= 0.3 is 0 Å². The van der Waals surface area contributed by atoms with Crippen molar-refractivity contribution in [1.29, 1.82) is 0 Å². The van der Waals surface area contributed by atoms with Crippen LogP contribution in [0.3, 0.4) is 0 Å². The van der Waals surface area contributed by atoms with Crippen molar-refractivity contribution in [3.05, 3.63) is 69.4 Å². The number of hydrogen-bond donors (Lipinski definition) is 0. The Hall–Kier alpha value is -1.48. The first-order valence-corrected chi connectivity index (χ1v) is 7.36. The average Bonchev–Trinajstić information content (AvgIpc) is 2.41. The number of ketones is 1. The smallest absolute Gasteiger partial charge is 0.196 e. The van der Waals surface area contributed by atoms with Crippen molar-refractivity contribution in [2.45, 2.75) is 20.3 Å². The van der Waals surface area contributed by atoms with Crippen molar-refractivity contribution in [3.63, 3.8) is 0 Å². The molecule has 3 heteroatoms. The summed E-state index contributed by atoms with van der Waals surface area (Å²) in [6.45, 7) is 4.30. The van der Waals surface area contributed by atoms with Crippen molar-refractivity contribution in [3.8, 4) is 0 Å². The Labute approximate surface area is 127 Å². The quantitative estimate of drug-likeness (QED) is 0.717. The van der Waals surface area contributed by atoms with Crippen LogP contribution >= 0.6 is 15.9 Å². The minimum Gasteiger partial charge on any atom is -0.288 e. The SMILES string of the molecule is CC(C)Cc1ccc(C(=O)c2cccc(Br)c2F)cc1. The summed E-state index contributed by atoms with van der Waals surface area (Å²) in [6, 6.07) is 12.1. The average molecular weight is 335 g/mol. The summed E-state index contributed by atoms with van der Waals surface area (Å²) in [5.41, 5.74) is 1.79. The molecule has 0 saturated heterocycles. The Morgan fingerprint density at radius 2 is 1.80 bits per heavy atom. The van der Waals surface area contributed by atoms with E-state index in [0.717, 1.165) is 6.42 Å². The largest absolute Gasteiger partial charge is 0.288 e. The van der Waals surface area contributed by atoms with E-state index >= 15 is 0 Å². The number of rotatable bonds is 4. The fraction of sp³-hybridized carbons (Fsp3) is 0.235. The molecule has 0 saturated carbocycles. The van der Waals surface area contributed by atoms with Gasteiger partial charge in [-0.05, 0) is 46.0 Å². The molecule has 0 N–H and O–H groups in total. The Morgan fingerprint density at radius 3 is 2.40 bits per heavy atom. The van der Waals surface area contributed by atoms with Gasteiger partial charge in [-0.25, -0.2) is 4.39 Å². The van der Waals surface area contributed by atoms with Gasteiger partial charge in [0.05, 0.1) is 10.0 Å². The van der Waals surface area contributed by atoms with Crippen LogP contribution in [0.5, 0.6) is 0 Å². The maximum absolute atomic E-state index is 13.9. The fourth-order valence-electron chi connectivity index (χ4n) is 2.10. The first-order chi connectivity index (χ1) is 9.49. The van der Waals surface area contributed by atoms with Gasteiger partial charge < -0.3 is 0 Å². The van der Waals surface area contributed by atoms with Crippen LogP contribution in [-0.4, -0.2) is 5.78 Å². The number of halogens is 2. The lowest BCUT2D eigenvalue weighted by Gasteiger charge is -2.07. The van der Waals surface area contributed by atoms with Crippen molar-refractivity contribution in [2.75, 3.05) is 0 Å². The molecule has 0 spiro atoms. The number of carbonyl (C=O) groups is 1. The second kappa shape index (κ2) is 6.31. The van der Waals surface area contributed by atoms with Gasteiger partial charge in [0, 0.05) is 5.56 Å². The molecule has 2 rings (SSSR count). The molecule has 0 aliphatic rings. The second-order valence-corrected chi connectivity index (χ2v) is 6.08. The van der Waals surface area contributed by atoms with Gasteiger partial charge in [-0.15, -0.1) is 0 Å². The van der Waals surface area contributed by atoms with Gasteiger partial charge in [0.1, 0.15) is 5.82 Å². The highest BCUT2D eigenvalue weighted by atomic mass is 79.9. The van der Waals surface area contributed by atoms with Crippen LogP contribution in [0.2, 0.25) is 0 Å². The van der Waals surface area contributed by atoms with Gasteiger partial charge in [0.15, 0.2) is 5.78 Å². The Bertz CT molecular complexity index is 617. The zero-order valence-electron chi connectivity index (χ0n) is 11.5. The zero-order valence-corrected chi connectivity index (χ0v) is 13.1. The molecule has 0 unspecified atom stereocenters. The van der Waals surface area contributed by atoms with E-state index in [9.17, 15) is 9.18 Å². The predicted octanol–water partition coefficient (Wildman–Crippen LogP) is 5.02. The number of carbonyl (C=O) groups excluding carboxylic acids is 1. The first kappa shape index (κ1) is 14.9. The topological polar surface area (TPSA) is 17.1 Å². The van der Waals surface area contributed by atoms with Gasteiger partial charge in [-0.1, -0.05) is 44.2 Å². The summed E-state index contributed by atoms with van der Waals surface area (Å²) < 4.78 is 14.2. The Balaban J connectivity index is 2.27. The van der Waals surface area contributed by atoms with Crippen LogP contribution in [0, 0.1) is 11.7 Å². The van der Waals surface area contributed by atoms with Crippen molar-refractivity contribution < 1.29 is 9.18 Å². The normalized spacial score (nSPS) is 10.8. The summed E-state index contributed by atoms with van der Waals surface area (Å²) in [5, 5.41) is 0. The molecule has 0 fully saturated rings. The molecule has 0 bridgehead atoms.